The van der Waals surface area contributed by atoms with Crippen LogP contribution in [0.5, 0.6) is 0 Å². The van der Waals surface area contributed by atoms with Crippen molar-refractivity contribution < 1.29 is 23.9 Å². The Morgan fingerprint density at radius 3 is 2.44 bits per heavy atom. The molecule has 3 aromatic heterocycles. The van der Waals surface area contributed by atoms with E-state index < -0.39 is 23.4 Å². The Morgan fingerprint density at radius 2 is 1.73 bits per heavy atom. The number of piperazine rings is 1. The van der Waals surface area contributed by atoms with Crippen molar-refractivity contribution in [1.82, 2.24) is 19.4 Å². The minimum atomic E-state index is -0.926. The van der Waals surface area contributed by atoms with Crippen LogP contribution in [0.3, 0.4) is 0 Å². The molecule has 10 nitrogen and oxygen atoms in total. The van der Waals surface area contributed by atoms with E-state index in [2.05, 4.69) is 21.8 Å². The molecule has 0 N–H and O–H groups in total. The molecule has 5 rings (SSSR count). The van der Waals surface area contributed by atoms with Crippen molar-refractivity contribution in [1.29, 1.82) is 0 Å². The molecule has 11 heteroatoms. The first-order valence-electron chi connectivity index (χ1n) is 14.5. The highest BCUT2D eigenvalue weighted by Gasteiger charge is 2.32. The van der Waals surface area contributed by atoms with Crippen LogP contribution in [0.2, 0.25) is 5.02 Å². The van der Waals surface area contributed by atoms with E-state index in [-0.39, 0.29) is 12.5 Å². The van der Waals surface area contributed by atoms with Gasteiger partial charge in [-0.15, -0.1) is 0 Å². The van der Waals surface area contributed by atoms with Gasteiger partial charge in [-0.05, 0) is 76.4 Å². The van der Waals surface area contributed by atoms with Crippen molar-refractivity contribution in [3.05, 3.63) is 89.0 Å². The standard InChI is InChI=1S/C34H34ClN5O5/c1-33(2,3)44-31(42)38-17-18-39(28(41)22-38)26-11-8-9-23(19-26)20-34(4,5)45-32(43)40-21-24(12-13-25-10-6-7-15-36-25)29-27(35)14-16-37-30(29)40/h6-11,14-16,19,21H,17-18,20,22H2,1-5H3. The number of hydrogen-bond acceptors (Lipinski definition) is 7. The molecular formula is C34H34ClN5O5. The van der Waals surface area contributed by atoms with Gasteiger partial charge in [0.1, 0.15) is 23.4 Å². The molecule has 1 aliphatic rings. The Hall–Kier alpha value is -4.88. The zero-order chi connectivity index (χ0) is 32.4. The van der Waals surface area contributed by atoms with Crippen molar-refractivity contribution in [3.8, 4) is 11.8 Å². The van der Waals surface area contributed by atoms with Gasteiger partial charge < -0.3 is 14.4 Å². The molecular weight excluding hydrogens is 594 g/mol. The van der Waals surface area contributed by atoms with E-state index >= 15 is 0 Å². The highest BCUT2D eigenvalue weighted by atomic mass is 35.5. The lowest BCUT2D eigenvalue weighted by atomic mass is 9.98. The molecule has 0 saturated carbocycles. The molecule has 0 aliphatic carbocycles. The Bertz CT molecular complexity index is 1820. The van der Waals surface area contributed by atoms with E-state index in [1.54, 1.807) is 56.3 Å². The van der Waals surface area contributed by atoms with Crippen LogP contribution in [0.1, 0.15) is 51.4 Å². The van der Waals surface area contributed by atoms with Crippen LogP contribution >= 0.6 is 11.6 Å². The van der Waals surface area contributed by atoms with Crippen LogP contribution in [0.15, 0.2) is 67.1 Å². The molecule has 0 unspecified atom stereocenters. The number of hydrogen-bond donors (Lipinski definition) is 0. The van der Waals surface area contributed by atoms with Gasteiger partial charge in [0.2, 0.25) is 5.91 Å². The second-order valence-electron chi connectivity index (χ2n) is 12.3. The van der Waals surface area contributed by atoms with Crippen LogP contribution in [0.25, 0.3) is 11.0 Å². The number of benzene rings is 1. The second-order valence-corrected chi connectivity index (χ2v) is 12.7. The maximum Gasteiger partial charge on any atom is 0.420 e. The molecule has 2 amide bonds. The van der Waals surface area contributed by atoms with Crippen molar-refractivity contribution in [2.75, 3.05) is 24.5 Å². The van der Waals surface area contributed by atoms with Gasteiger partial charge in [-0.1, -0.05) is 35.7 Å². The summed E-state index contributed by atoms with van der Waals surface area (Å²) < 4.78 is 12.7. The van der Waals surface area contributed by atoms with Gasteiger partial charge in [0.15, 0.2) is 5.65 Å². The summed E-state index contributed by atoms with van der Waals surface area (Å²) in [6.07, 6.45) is 3.99. The highest BCUT2D eigenvalue weighted by molar-refractivity contribution is 6.35. The number of amides is 2. The zero-order valence-corrected chi connectivity index (χ0v) is 26.6. The van der Waals surface area contributed by atoms with Gasteiger partial charge in [0, 0.05) is 43.8 Å². The maximum atomic E-state index is 13.5. The topological polar surface area (TPSA) is 107 Å². The van der Waals surface area contributed by atoms with Gasteiger partial charge in [-0.25, -0.2) is 24.1 Å². The minimum Gasteiger partial charge on any atom is -0.444 e. The number of ether oxygens (including phenoxy) is 2. The lowest BCUT2D eigenvalue weighted by Gasteiger charge is -2.35. The number of fused-ring (bicyclic) bond motifs is 1. The first-order chi connectivity index (χ1) is 21.3. The monoisotopic (exact) mass is 627 g/mol. The van der Waals surface area contributed by atoms with Gasteiger partial charge >= 0.3 is 12.2 Å². The summed E-state index contributed by atoms with van der Waals surface area (Å²) in [5.41, 5.74) is 1.44. The second kappa shape index (κ2) is 12.6. The van der Waals surface area contributed by atoms with Crippen LogP contribution < -0.4 is 4.90 Å². The van der Waals surface area contributed by atoms with Crippen molar-refractivity contribution in [2.45, 2.75) is 52.2 Å². The van der Waals surface area contributed by atoms with Crippen LogP contribution in [0, 0.1) is 11.8 Å². The van der Waals surface area contributed by atoms with E-state index in [1.165, 1.54) is 15.7 Å². The number of nitrogens with zero attached hydrogens (tertiary/aromatic N) is 5. The molecule has 232 valence electrons. The minimum absolute atomic E-state index is 0.0701. The summed E-state index contributed by atoms with van der Waals surface area (Å²) in [5.74, 6) is 5.85. The summed E-state index contributed by atoms with van der Waals surface area (Å²) in [7, 11) is 0. The average molecular weight is 628 g/mol. The van der Waals surface area contributed by atoms with Crippen molar-refractivity contribution in [2.24, 2.45) is 0 Å². The summed E-state index contributed by atoms with van der Waals surface area (Å²) in [6.45, 7) is 9.62. The van der Waals surface area contributed by atoms with Crippen LogP contribution in [0.4, 0.5) is 15.3 Å². The number of anilines is 1. The lowest BCUT2D eigenvalue weighted by Crippen LogP contribution is -2.53. The highest BCUT2D eigenvalue weighted by Crippen LogP contribution is 2.29. The molecule has 1 fully saturated rings. The van der Waals surface area contributed by atoms with E-state index in [9.17, 15) is 14.4 Å². The predicted molar refractivity (Wildman–Crippen MR) is 171 cm³/mol. The normalized spacial score (nSPS) is 13.8. The SMILES string of the molecule is CC(C)(C)OC(=O)N1CCN(c2cccc(CC(C)(C)OC(=O)n3cc(C#Cc4ccccn4)c4c(Cl)ccnc43)c2)C(=O)C1. The molecule has 0 bridgehead atoms. The Kier molecular flexibility index (Phi) is 8.84. The van der Waals surface area contributed by atoms with E-state index in [1.807, 2.05) is 44.2 Å². The van der Waals surface area contributed by atoms with Gasteiger partial charge in [-0.3, -0.25) is 9.69 Å². The zero-order valence-electron chi connectivity index (χ0n) is 25.8. The van der Waals surface area contributed by atoms with Crippen molar-refractivity contribution >= 4 is 46.4 Å². The number of pyridine rings is 2. The number of carbonyl (C=O) groups is 3. The molecule has 0 radical (unpaired) electrons. The van der Waals surface area contributed by atoms with Gasteiger partial charge in [0.05, 0.1) is 16.0 Å². The Balaban J connectivity index is 1.30. The number of carbonyl (C=O) groups excluding carboxylic acids is 3. The third kappa shape index (κ3) is 7.62. The van der Waals surface area contributed by atoms with Gasteiger partial charge in [0.25, 0.3) is 0 Å². The maximum absolute atomic E-state index is 13.5. The molecule has 0 spiro atoms. The molecule has 4 heterocycles. The van der Waals surface area contributed by atoms with E-state index in [0.29, 0.717) is 52.5 Å². The third-order valence-electron chi connectivity index (χ3n) is 6.91. The fourth-order valence-electron chi connectivity index (χ4n) is 4.99. The number of rotatable bonds is 4. The fourth-order valence-corrected chi connectivity index (χ4v) is 5.24. The first kappa shape index (κ1) is 31.5. The Morgan fingerprint density at radius 1 is 0.933 bits per heavy atom. The summed E-state index contributed by atoms with van der Waals surface area (Å²) in [4.78, 5) is 50.6. The fraction of sp³-hybridized carbons (Fsp3) is 0.324. The molecule has 1 aromatic carbocycles. The van der Waals surface area contributed by atoms with Crippen LogP contribution in [-0.4, -0.2) is 68.4 Å². The summed E-state index contributed by atoms with van der Waals surface area (Å²) >= 11 is 6.50. The van der Waals surface area contributed by atoms with E-state index in [0.717, 1.165) is 5.56 Å². The van der Waals surface area contributed by atoms with E-state index in [4.69, 9.17) is 21.1 Å². The van der Waals surface area contributed by atoms with Crippen LogP contribution in [-0.2, 0) is 20.7 Å². The quantitative estimate of drug-likeness (QED) is 0.253. The molecule has 1 saturated heterocycles. The molecule has 1 aliphatic heterocycles. The number of halogens is 1. The van der Waals surface area contributed by atoms with Gasteiger partial charge in [-0.2, -0.15) is 0 Å². The third-order valence-corrected chi connectivity index (χ3v) is 7.23. The van der Waals surface area contributed by atoms with Crippen molar-refractivity contribution in [3.63, 3.8) is 0 Å². The largest absolute Gasteiger partial charge is 0.444 e. The lowest BCUT2D eigenvalue weighted by molar-refractivity contribution is -0.121. The molecule has 0 atom stereocenters. The molecule has 4 aromatic rings. The Labute approximate surface area is 266 Å². The first-order valence-corrected chi connectivity index (χ1v) is 14.9. The summed E-state index contributed by atoms with van der Waals surface area (Å²) in [5, 5.41) is 0.955. The number of aromatic nitrogens is 3. The molecule has 45 heavy (non-hydrogen) atoms. The average Bonchev–Trinajstić information content (AvgIpc) is 3.35. The predicted octanol–water partition coefficient (Wildman–Crippen LogP) is 6.07. The summed E-state index contributed by atoms with van der Waals surface area (Å²) in [6, 6.07) is 14.6. The smallest absolute Gasteiger partial charge is 0.420 e.